The van der Waals surface area contributed by atoms with E-state index in [2.05, 4.69) is 15.6 Å². The fourth-order valence-corrected chi connectivity index (χ4v) is 2.85. The normalized spacial score (nSPS) is 15.3. The van der Waals surface area contributed by atoms with Crippen LogP contribution in [0.25, 0.3) is 11.1 Å². The Morgan fingerprint density at radius 2 is 1.73 bits per heavy atom. The average Bonchev–Trinajstić information content (AvgIpc) is 2.57. The van der Waals surface area contributed by atoms with E-state index < -0.39 is 0 Å². The number of hydrogen-bond acceptors (Lipinski definition) is 2. The van der Waals surface area contributed by atoms with E-state index >= 15 is 0 Å². The van der Waals surface area contributed by atoms with Crippen LogP contribution >= 0.6 is 0 Å². The second-order valence-electron chi connectivity index (χ2n) is 5.73. The van der Waals surface area contributed by atoms with Gasteiger partial charge in [0.15, 0.2) is 0 Å². The molecule has 1 heterocycles. The highest BCUT2D eigenvalue weighted by molar-refractivity contribution is 5.88. The van der Waals surface area contributed by atoms with Crippen LogP contribution in [0.5, 0.6) is 0 Å². The largest absolute Gasteiger partial charge is 0.335 e. The van der Waals surface area contributed by atoms with Crippen LogP contribution in [0.2, 0.25) is 0 Å². The van der Waals surface area contributed by atoms with Crippen LogP contribution in [0.1, 0.15) is 32.1 Å². The fourth-order valence-electron chi connectivity index (χ4n) is 2.85. The maximum atomic E-state index is 12.0. The van der Waals surface area contributed by atoms with Crippen molar-refractivity contribution in [2.75, 3.05) is 5.32 Å². The maximum absolute atomic E-state index is 12.0. The molecule has 2 N–H and O–H groups in total. The smallest absolute Gasteiger partial charge is 0.320 e. The lowest BCUT2D eigenvalue weighted by Gasteiger charge is -2.22. The molecule has 0 aliphatic heterocycles. The molecule has 22 heavy (non-hydrogen) atoms. The van der Waals surface area contributed by atoms with Crippen LogP contribution in [0.3, 0.4) is 0 Å². The number of carbonyl (C=O) groups excluding carboxylic acids is 1. The van der Waals surface area contributed by atoms with Gasteiger partial charge in [-0.2, -0.15) is 0 Å². The van der Waals surface area contributed by atoms with E-state index in [-0.39, 0.29) is 6.03 Å². The molecule has 1 aromatic heterocycles. The molecule has 0 unspecified atom stereocenters. The predicted molar refractivity (Wildman–Crippen MR) is 88.7 cm³/mol. The molecule has 4 nitrogen and oxygen atoms in total. The number of benzene rings is 1. The van der Waals surface area contributed by atoms with Gasteiger partial charge < -0.3 is 5.32 Å². The van der Waals surface area contributed by atoms with E-state index in [1.807, 2.05) is 42.5 Å². The number of hydrogen-bond donors (Lipinski definition) is 2. The molecule has 4 heteroatoms. The average molecular weight is 295 g/mol. The van der Waals surface area contributed by atoms with E-state index in [0.717, 1.165) is 24.0 Å². The standard InChI is InChI=1S/C18H21N3O/c22-18(20-16-9-5-2-6-10-16)21-17-12-11-15(13-19-17)14-7-3-1-4-8-14/h1,3-4,7-8,11-13,16H,2,5-6,9-10H2,(H2,19,20,21,22). The summed E-state index contributed by atoms with van der Waals surface area (Å²) in [5.74, 6) is 0.577. The van der Waals surface area contributed by atoms with Gasteiger partial charge in [-0.25, -0.2) is 9.78 Å². The highest BCUT2D eigenvalue weighted by Gasteiger charge is 2.15. The Labute approximate surface area is 131 Å². The summed E-state index contributed by atoms with van der Waals surface area (Å²) < 4.78 is 0. The van der Waals surface area contributed by atoms with Crippen LogP contribution in [-0.2, 0) is 0 Å². The number of amides is 2. The minimum atomic E-state index is -0.160. The van der Waals surface area contributed by atoms with Crippen LogP contribution in [0.4, 0.5) is 10.6 Å². The van der Waals surface area contributed by atoms with Gasteiger partial charge in [0, 0.05) is 17.8 Å². The van der Waals surface area contributed by atoms with Gasteiger partial charge in [0.25, 0.3) is 0 Å². The first-order chi connectivity index (χ1) is 10.8. The van der Waals surface area contributed by atoms with Crippen molar-refractivity contribution >= 4 is 11.8 Å². The third kappa shape index (κ3) is 3.85. The summed E-state index contributed by atoms with van der Waals surface area (Å²) >= 11 is 0. The first kappa shape index (κ1) is 14.6. The molecule has 1 aromatic carbocycles. The molecule has 3 rings (SSSR count). The Kier molecular flexibility index (Phi) is 4.68. The minimum Gasteiger partial charge on any atom is -0.335 e. The van der Waals surface area contributed by atoms with Crippen molar-refractivity contribution in [3.8, 4) is 11.1 Å². The summed E-state index contributed by atoms with van der Waals surface area (Å²) in [5, 5.41) is 5.83. The van der Waals surface area contributed by atoms with E-state index in [1.165, 1.54) is 19.3 Å². The van der Waals surface area contributed by atoms with Crippen LogP contribution in [0.15, 0.2) is 48.7 Å². The van der Waals surface area contributed by atoms with Crippen LogP contribution in [-0.4, -0.2) is 17.1 Å². The number of rotatable bonds is 3. The second kappa shape index (κ2) is 7.07. The van der Waals surface area contributed by atoms with Crippen molar-refractivity contribution in [1.29, 1.82) is 0 Å². The summed E-state index contributed by atoms with van der Waals surface area (Å²) in [6, 6.07) is 14.0. The number of aromatic nitrogens is 1. The van der Waals surface area contributed by atoms with Gasteiger partial charge in [0.05, 0.1) is 0 Å². The Balaban J connectivity index is 1.57. The Hall–Kier alpha value is -2.36. The highest BCUT2D eigenvalue weighted by atomic mass is 16.2. The molecule has 0 saturated heterocycles. The van der Waals surface area contributed by atoms with E-state index in [4.69, 9.17) is 0 Å². The SMILES string of the molecule is O=C(Nc1ccc(-c2ccccc2)cn1)NC1CCCCC1. The number of urea groups is 1. The minimum absolute atomic E-state index is 0.160. The zero-order valence-corrected chi connectivity index (χ0v) is 12.6. The summed E-state index contributed by atoms with van der Waals surface area (Å²) in [5.41, 5.74) is 2.16. The lowest BCUT2D eigenvalue weighted by molar-refractivity contribution is 0.244. The Morgan fingerprint density at radius 3 is 2.41 bits per heavy atom. The lowest BCUT2D eigenvalue weighted by Crippen LogP contribution is -2.39. The fraction of sp³-hybridized carbons (Fsp3) is 0.333. The van der Waals surface area contributed by atoms with Crippen LogP contribution in [0, 0.1) is 0 Å². The molecule has 1 fully saturated rings. The third-order valence-corrected chi connectivity index (χ3v) is 4.05. The predicted octanol–water partition coefficient (Wildman–Crippen LogP) is 4.20. The topological polar surface area (TPSA) is 54.0 Å². The third-order valence-electron chi connectivity index (χ3n) is 4.05. The molecule has 1 aliphatic carbocycles. The maximum Gasteiger partial charge on any atom is 0.320 e. The van der Waals surface area contributed by atoms with E-state index in [9.17, 15) is 4.79 Å². The van der Waals surface area contributed by atoms with Crippen molar-refractivity contribution in [2.45, 2.75) is 38.1 Å². The van der Waals surface area contributed by atoms with E-state index in [0.29, 0.717) is 11.9 Å². The number of pyridine rings is 1. The summed E-state index contributed by atoms with van der Waals surface area (Å²) in [7, 11) is 0. The Bertz CT molecular complexity index is 604. The first-order valence-electron chi connectivity index (χ1n) is 7.90. The number of nitrogens with zero attached hydrogens (tertiary/aromatic N) is 1. The van der Waals surface area contributed by atoms with E-state index in [1.54, 1.807) is 6.20 Å². The molecule has 0 radical (unpaired) electrons. The molecule has 2 aromatic rings. The Morgan fingerprint density at radius 1 is 0.955 bits per heavy atom. The number of carbonyl (C=O) groups is 1. The molecule has 2 amide bonds. The van der Waals surface area contributed by atoms with Crippen molar-refractivity contribution in [2.24, 2.45) is 0 Å². The van der Waals surface area contributed by atoms with Crippen molar-refractivity contribution < 1.29 is 4.79 Å². The van der Waals surface area contributed by atoms with Crippen molar-refractivity contribution in [1.82, 2.24) is 10.3 Å². The zero-order chi connectivity index (χ0) is 15.2. The van der Waals surface area contributed by atoms with Gasteiger partial charge >= 0.3 is 6.03 Å². The first-order valence-corrected chi connectivity index (χ1v) is 7.90. The molecule has 1 aliphatic rings. The van der Waals surface area contributed by atoms with Gasteiger partial charge in [-0.1, -0.05) is 49.6 Å². The molecular formula is C18H21N3O. The summed E-state index contributed by atoms with van der Waals surface area (Å²) in [6.45, 7) is 0. The van der Waals surface area contributed by atoms with Gasteiger partial charge in [0.2, 0.25) is 0 Å². The zero-order valence-electron chi connectivity index (χ0n) is 12.6. The monoisotopic (exact) mass is 295 g/mol. The van der Waals surface area contributed by atoms with Crippen molar-refractivity contribution in [3.63, 3.8) is 0 Å². The van der Waals surface area contributed by atoms with Gasteiger partial charge in [-0.05, 0) is 30.5 Å². The van der Waals surface area contributed by atoms with Gasteiger partial charge in [-0.3, -0.25) is 5.32 Å². The quantitative estimate of drug-likeness (QED) is 0.891. The van der Waals surface area contributed by atoms with Crippen LogP contribution < -0.4 is 10.6 Å². The summed E-state index contributed by atoms with van der Waals surface area (Å²) in [6.07, 6.45) is 7.62. The molecule has 0 atom stereocenters. The molecule has 0 spiro atoms. The molecule has 0 bridgehead atoms. The van der Waals surface area contributed by atoms with Gasteiger partial charge in [-0.15, -0.1) is 0 Å². The number of nitrogens with one attached hydrogen (secondary N) is 2. The second-order valence-corrected chi connectivity index (χ2v) is 5.73. The number of anilines is 1. The summed E-state index contributed by atoms with van der Waals surface area (Å²) in [4.78, 5) is 16.3. The molecular weight excluding hydrogens is 274 g/mol. The van der Waals surface area contributed by atoms with Gasteiger partial charge in [0.1, 0.15) is 5.82 Å². The molecule has 114 valence electrons. The highest BCUT2D eigenvalue weighted by Crippen LogP contribution is 2.19. The lowest BCUT2D eigenvalue weighted by atomic mass is 9.96. The molecule has 1 saturated carbocycles. The van der Waals surface area contributed by atoms with Crippen molar-refractivity contribution in [3.05, 3.63) is 48.7 Å².